The lowest BCUT2D eigenvalue weighted by atomic mass is 10.1. The molecule has 0 spiro atoms. The second kappa shape index (κ2) is 9.00. The first kappa shape index (κ1) is 20.7. The minimum Gasteiger partial charge on any atom is -0.452 e. The zero-order valence-electron chi connectivity index (χ0n) is 16.2. The van der Waals surface area contributed by atoms with Gasteiger partial charge in [-0.25, -0.2) is 4.79 Å². The molecule has 0 aromatic heterocycles. The average Bonchev–Trinajstić information content (AvgIpc) is 2.85. The second-order valence-electron chi connectivity index (χ2n) is 6.59. The Labute approximate surface area is 171 Å². The van der Waals surface area contributed by atoms with Crippen LogP contribution in [0.3, 0.4) is 0 Å². The van der Waals surface area contributed by atoms with Crippen LogP contribution >= 0.6 is 0 Å². The number of rotatable bonds is 5. The van der Waals surface area contributed by atoms with Gasteiger partial charge in [-0.2, -0.15) is 0 Å². The molecule has 8 heteroatoms. The van der Waals surface area contributed by atoms with E-state index < -0.39 is 35.3 Å². The Kier molecular flexibility index (Phi) is 6.43. The van der Waals surface area contributed by atoms with Crippen molar-refractivity contribution in [2.75, 3.05) is 22.6 Å². The van der Waals surface area contributed by atoms with Gasteiger partial charge < -0.3 is 15.0 Å². The predicted octanol–water partition coefficient (Wildman–Crippen LogP) is 2.73. The molecule has 152 valence electrons. The van der Waals surface area contributed by atoms with E-state index >= 15 is 0 Å². The van der Waals surface area contributed by atoms with Gasteiger partial charge in [-0.15, -0.1) is 0 Å². The number of carbonyl (C=O) groups excluding carboxylic acids is 3. The molecule has 0 unspecified atom stereocenters. The summed E-state index contributed by atoms with van der Waals surface area (Å²) in [7, 11) is -1.32. The molecular weight excluding hydrogens is 392 g/mol. The summed E-state index contributed by atoms with van der Waals surface area (Å²) < 4.78 is 17.4. The maximum atomic E-state index is 12.9. The highest BCUT2D eigenvalue weighted by molar-refractivity contribution is 7.85. The van der Waals surface area contributed by atoms with E-state index in [4.69, 9.17) is 4.74 Å². The molecule has 29 heavy (non-hydrogen) atoms. The predicted molar refractivity (Wildman–Crippen MR) is 110 cm³/mol. The third kappa shape index (κ3) is 4.54. The number of carbonyl (C=O) groups is 3. The number of para-hydroxylation sites is 2. The fourth-order valence-electron chi connectivity index (χ4n) is 3.23. The highest BCUT2D eigenvalue weighted by atomic mass is 32.2. The van der Waals surface area contributed by atoms with Crippen molar-refractivity contribution in [3.8, 4) is 0 Å². The van der Waals surface area contributed by atoms with E-state index in [2.05, 4.69) is 5.32 Å². The van der Waals surface area contributed by atoms with Crippen molar-refractivity contribution in [2.45, 2.75) is 31.2 Å². The maximum absolute atomic E-state index is 12.9. The summed E-state index contributed by atoms with van der Waals surface area (Å²) in [6.07, 6.45) is 0.132. The number of nitrogens with zero attached hydrogens (tertiary/aromatic N) is 1. The highest BCUT2D eigenvalue weighted by Gasteiger charge is 2.30. The fraction of sp³-hybridized carbons (Fsp3) is 0.286. The van der Waals surface area contributed by atoms with Crippen molar-refractivity contribution >= 4 is 40.0 Å². The second-order valence-corrected chi connectivity index (χ2v) is 8.30. The first-order valence-corrected chi connectivity index (χ1v) is 10.6. The minimum atomic E-state index is -1.32. The number of benzene rings is 2. The number of ether oxygens (including phenoxy) is 1. The van der Waals surface area contributed by atoms with E-state index in [0.717, 1.165) is 0 Å². The van der Waals surface area contributed by atoms with Gasteiger partial charge in [-0.05, 0) is 31.2 Å². The average molecular weight is 414 g/mol. The van der Waals surface area contributed by atoms with E-state index in [9.17, 15) is 18.6 Å². The molecule has 1 aliphatic rings. The number of hydrogen-bond donors (Lipinski definition) is 1. The van der Waals surface area contributed by atoms with Crippen LogP contribution in [0.1, 0.15) is 30.6 Å². The summed E-state index contributed by atoms with van der Waals surface area (Å²) in [5, 5.41) is 2.78. The third-order valence-corrected chi connectivity index (χ3v) is 5.94. The third-order valence-electron chi connectivity index (χ3n) is 4.57. The molecule has 1 heterocycles. The van der Waals surface area contributed by atoms with Gasteiger partial charge in [0, 0.05) is 18.2 Å². The molecule has 2 aromatic carbocycles. The van der Waals surface area contributed by atoms with E-state index in [-0.39, 0.29) is 17.9 Å². The molecule has 3 rings (SSSR count). The topological polar surface area (TPSA) is 92.8 Å². The summed E-state index contributed by atoms with van der Waals surface area (Å²) in [4.78, 5) is 39.3. The number of hydrogen-bond acceptors (Lipinski definition) is 5. The largest absolute Gasteiger partial charge is 0.452 e. The Balaban J connectivity index is 1.78. The summed E-state index contributed by atoms with van der Waals surface area (Å²) >= 11 is 0. The molecule has 7 nitrogen and oxygen atoms in total. The van der Waals surface area contributed by atoms with Crippen LogP contribution in [0.4, 0.5) is 11.4 Å². The van der Waals surface area contributed by atoms with Crippen LogP contribution in [0.15, 0.2) is 53.4 Å². The van der Waals surface area contributed by atoms with Crippen molar-refractivity contribution in [2.24, 2.45) is 0 Å². The zero-order valence-corrected chi connectivity index (χ0v) is 17.0. The van der Waals surface area contributed by atoms with Gasteiger partial charge in [0.05, 0.1) is 32.6 Å². The normalized spacial score (nSPS) is 17.0. The lowest BCUT2D eigenvalue weighted by Gasteiger charge is -2.27. The number of esters is 1. The standard InChI is InChI=1S/C21H22N2O5S/c1-3-29(27)18-11-7-4-8-15(18)21(26)28-13-20(25)23-14(2)12-19(24)22-16-9-5-6-10-17(16)23/h4-11,14H,3,12-13H2,1-2H3,(H,22,24)/t14-,29-/m1/s1. The Morgan fingerprint density at radius 2 is 1.86 bits per heavy atom. The summed E-state index contributed by atoms with van der Waals surface area (Å²) in [6, 6.07) is 13.1. The van der Waals surface area contributed by atoms with Gasteiger partial charge in [0.1, 0.15) is 0 Å². The molecular formula is C21H22N2O5S. The summed E-state index contributed by atoms with van der Waals surface area (Å²) in [6.45, 7) is 3.04. The highest BCUT2D eigenvalue weighted by Crippen LogP contribution is 2.31. The van der Waals surface area contributed by atoms with Crippen LogP contribution in [0, 0.1) is 0 Å². The lowest BCUT2D eigenvalue weighted by molar-refractivity contribution is -0.122. The summed E-state index contributed by atoms with van der Waals surface area (Å²) in [5.74, 6) is -0.968. The molecule has 1 N–H and O–H groups in total. The number of nitrogens with one attached hydrogen (secondary N) is 1. The Bertz CT molecular complexity index is 975. The Morgan fingerprint density at radius 3 is 2.62 bits per heavy atom. The van der Waals surface area contributed by atoms with Gasteiger partial charge in [-0.3, -0.25) is 13.8 Å². The van der Waals surface area contributed by atoms with Crippen LogP contribution < -0.4 is 10.2 Å². The van der Waals surface area contributed by atoms with Gasteiger partial charge in [0.25, 0.3) is 5.91 Å². The van der Waals surface area contributed by atoms with E-state index in [1.807, 2.05) is 0 Å². The molecule has 0 aliphatic carbocycles. The van der Waals surface area contributed by atoms with Crippen molar-refractivity contribution in [1.29, 1.82) is 0 Å². The van der Waals surface area contributed by atoms with E-state index in [1.54, 1.807) is 56.3 Å². The van der Waals surface area contributed by atoms with Gasteiger partial charge >= 0.3 is 5.97 Å². The molecule has 2 amide bonds. The Hall–Kier alpha value is -3.00. The molecule has 0 saturated heterocycles. The molecule has 0 bridgehead atoms. The molecule has 2 atom stereocenters. The monoisotopic (exact) mass is 414 g/mol. The molecule has 0 fully saturated rings. The number of amides is 2. The first-order chi connectivity index (χ1) is 13.9. The van der Waals surface area contributed by atoms with Crippen molar-refractivity contribution < 1.29 is 23.3 Å². The summed E-state index contributed by atoms with van der Waals surface area (Å²) in [5.41, 5.74) is 1.27. The van der Waals surface area contributed by atoms with Crippen LogP contribution in [-0.2, 0) is 25.1 Å². The number of anilines is 2. The van der Waals surface area contributed by atoms with Crippen molar-refractivity contribution in [1.82, 2.24) is 0 Å². The fourth-order valence-corrected chi connectivity index (χ4v) is 4.17. The Morgan fingerprint density at radius 1 is 1.17 bits per heavy atom. The lowest BCUT2D eigenvalue weighted by Crippen LogP contribution is -2.41. The van der Waals surface area contributed by atoms with Crippen LogP contribution in [0.5, 0.6) is 0 Å². The van der Waals surface area contributed by atoms with Gasteiger partial charge in [0.15, 0.2) is 6.61 Å². The van der Waals surface area contributed by atoms with E-state index in [0.29, 0.717) is 22.0 Å². The molecule has 0 saturated carbocycles. The molecule has 1 aliphatic heterocycles. The van der Waals surface area contributed by atoms with Crippen LogP contribution in [0.2, 0.25) is 0 Å². The maximum Gasteiger partial charge on any atom is 0.339 e. The zero-order chi connectivity index (χ0) is 21.0. The van der Waals surface area contributed by atoms with Gasteiger partial charge in [0.2, 0.25) is 5.91 Å². The van der Waals surface area contributed by atoms with Crippen LogP contribution in [0.25, 0.3) is 0 Å². The van der Waals surface area contributed by atoms with Crippen LogP contribution in [-0.4, -0.2) is 40.4 Å². The quantitative estimate of drug-likeness (QED) is 0.760. The van der Waals surface area contributed by atoms with Gasteiger partial charge in [-0.1, -0.05) is 31.2 Å². The first-order valence-electron chi connectivity index (χ1n) is 9.27. The van der Waals surface area contributed by atoms with Crippen molar-refractivity contribution in [3.63, 3.8) is 0 Å². The minimum absolute atomic E-state index is 0.132. The smallest absolute Gasteiger partial charge is 0.339 e. The van der Waals surface area contributed by atoms with E-state index in [1.165, 1.54) is 11.0 Å². The molecule has 2 aromatic rings. The SMILES string of the molecule is CC[S@@](=O)c1ccccc1C(=O)OCC(=O)N1c2ccccc2NC(=O)C[C@H]1C. The van der Waals surface area contributed by atoms with Crippen molar-refractivity contribution in [3.05, 3.63) is 54.1 Å². The molecule has 0 radical (unpaired) electrons. The number of fused-ring (bicyclic) bond motifs is 1.